The van der Waals surface area contributed by atoms with E-state index >= 15 is 0 Å². The van der Waals surface area contributed by atoms with Crippen molar-refractivity contribution in [3.8, 4) is 0 Å². The molecule has 1 aromatic carbocycles. The van der Waals surface area contributed by atoms with Crippen LogP contribution >= 0.6 is 11.8 Å². The predicted octanol–water partition coefficient (Wildman–Crippen LogP) is 3.46. The molecule has 0 saturated heterocycles. The van der Waals surface area contributed by atoms with Gasteiger partial charge in [0, 0.05) is 0 Å². The Hall–Kier alpha value is -1.11. The summed E-state index contributed by atoms with van der Waals surface area (Å²) in [7, 11) is 0. The summed E-state index contributed by atoms with van der Waals surface area (Å²) in [5.74, 6) is -9.93. The fourth-order valence-electron chi connectivity index (χ4n) is 1.02. The van der Waals surface area contributed by atoms with Gasteiger partial charge in [-0.15, -0.1) is 11.8 Å². The van der Waals surface area contributed by atoms with Crippen molar-refractivity contribution in [3.05, 3.63) is 34.6 Å². The third-order valence-electron chi connectivity index (χ3n) is 1.73. The monoisotopic (exact) mass is 255 g/mol. The number of hydrogen-bond donors (Lipinski definition) is 1. The number of thioether (sulfide) groups is 1. The molecular formula is C9H6F5NS. The number of nitrogens with one attached hydrogen (secondary N) is 1. The van der Waals surface area contributed by atoms with Gasteiger partial charge >= 0.3 is 0 Å². The van der Waals surface area contributed by atoms with Crippen molar-refractivity contribution in [2.45, 2.75) is 6.92 Å². The molecule has 0 aromatic heterocycles. The van der Waals surface area contributed by atoms with Crippen LogP contribution in [0.4, 0.5) is 22.0 Å². The summed E-state index contributed by atoms with van der Waals surface area (Å²) >= 11 is 0.684. The predicted molar refractivity (Wildman–Crippen MR) is 51.2 cm³/mol. The Balaban J connectivity index is 3.45. The third-order valence-corrected chi connectivity index (χ3v) is 2.51. The molecular weight excluding hydrogens is 249 g/mol. The minimum Gasteiger partial charge on any atom is -0.293 e. The van der Waals surface area contributed by atoms with Crippen LogP contribution in [0.2, 0.25) is 0 Å². The van der Waals surface area contributed by atoms with E-state index in [0.717, 1.165) is 0 Å². The van der Waals surface area contributed by atoms with Crippen LogP contribution in [-0.4, -0.2) is 10.8 Å². The Morgan fingerprint density at radius 1 is 0.938 bits per heavy atom. The maximum atomic E-state index is 13.1. The highest BCUT2D eigenvalue weighted by Crippen LogP contribution is 2.26. The molecule has 1 nitrogen and oxygen atoms in total. The van der Waals surface area contributed by atoms with Gasteiger partial charge in [-0.2, -0.15) is 0 Å². The van der Waals surface area contributed by atoms with E-state index in [4.69, 9.17) is 5.41 Å². The van der Waals surface area contributed by atoms with Gasteiger partial charge in [0.05, 0.1) is 5.56 Å². The molecule has 1 rings (SSSR count). The number of benzene rings is 1. The molecule has 16 heavy (non-hydrogen) atoms. The van der Waals surface area contributed by atoms with Gasteiger partial charge in [-0.25, -0.2) is 22.0 Å². The molecule has 0 radical (unpaired) electrons. The van der Waals surface area contributed by atoms with E-state index in [2.05, 4.69) is 0 Å². The molecule has 0 amide bonds. The summed E-state index contributed by atoms with van der Waals surface area (Å²) in [6, 6.07) is 0. The lowest BCUT2D eigenvalue weighted by atomic mass is 10.2. The number of hydrogen-bond acceptors (Lipinski definition) is 2. The molecule has 0 fully saturated rings. The van der Waals surface area contributed by atoms with Crippen LogP contribution in [0.1, 0.15) is 12.5 Å². The maximum Gasteiger partial charge on any atom is 0.200 e. The van der Waals surface area contributed by atoms with Crippen molar-refractivity contribution in [2.75, 3.05) is 5.75 Å². The normalized spacial score (nSPS) is 10.6. The molecule has 0 aliphatic carbocycles. The van der Waals surface area contributed by atoms with Crippen molar-refractivity contribution in [3.63, 3.8) is 0 Å². The average molecular weight is 255 g/mol. The van der Waals surface area contributed by atoms with Crippen LogP contribution in [0, 0.1) is 34.5 Å². The second-order valence-corrected chi connectivity index (χ2v) is 3.98. The first-order valence-corrected chi connectivity index (χ1v) is 5.13. The molecule has 0 unspecified atom stereocenters. The summed E-state index contributed by atoms with van der Waals surface area (Å²) in [6.07, 6.45) is 0. The summed E-state index contributed by atoms with van der Waals surface area (Å²) in [4.78, 5) is 0. The van der Waals surface area contributed by atoms with Gasteiger partial charge in [-0.3, -0.25) is 5.41 Å². The molecule has 0 atom stereocenters. The standard InChI is InChI=1S/C9H6F5NS/c1-2-16-9(15)3-4(10)6(12)8(14)7(13)5(3)11/h15H,2H2,1H3. The third kappa shape index (κ3) is 2.04. The zero-order valence-corrected chi connectivity index (χ0v) is 8.82. The molecule has 0 aliphatic rings. The van der Waals surface area contributed by atoms with Gasteiger partial charge in [-0.05, 0) is 5.75 Å². The summed E-state index contributed by atoms with van der Waals surface area (Å²) in [5.41, 5.74) is -1.18. The van der Waals surface area contributed by atoms with Crippen molar-refractivity contribution < 1.29 is 22.0 Å². The number of halogens is 5. The minimum atomic E-state index is -2.21. The Kier molecular flexibility index (Phi) is 3.90. The van der Waals surface area contributed by atoms with Gasteiger partial charge in [-0.1, -0.05) is 6.92 Å². The lowest BCUT2D eigenvalue weighted by Gasteiger charge is -2.07. The SMILES string of the molecule is CCSC(=N)c1c(F)c(F)c(F)c(F)c1F. The van der Waals surface area contributed by atoms with E-state index in [1.807, 2.05) is 0 Å². The minimum absolute atomic E-state index is 0.290. The fraction of sp³-hybridized carbons (Fsp3) is 0.222. The van der Waals surface area contributed by atoms with E-state index < -0.39 is 39.7 Å². The molecule has 0 aliphatic heterocycles. The molecule has 7 heteroatoms. The van der Waals surface area contributed by atoms with E-state index in [0.29, 0.717) is 17.5 Å². The first-order chi connectivity index (χ1) is 7.41. The first-order valence-electron chi connectivity index (χ1n) is 4.14. The van der Waals surface area contributed by atoms with E-state index in [-0.39, 0.29) is 0 Å². The first kappa shape index (κ1) is 13.0. The lowest BCUT2D eigenvalue weighted by molar-refractivity contribution is 0.377. The Morgan fingerprint density at radius 2 is 1.31 bits per heavy atom. The topological polar surface area (TPSA) is 23.9 Å². The maximum absolute atomic E-state index is 13.1. The fourth-order valence-corrected chi connectivity index (χ4v) is 1.63. The Bertz CT molecular complexity index is 417. The Labute approximate surface area is 92.2 Å². The van der Waals surface area contributed by atoms with Crippen molar-refractivity contribution in [1.29, 1.82) is 5.41 Å². The molecule has 0 spiro atoms. The summed E-state index contributed by atoms with van der Waals surface area (Å²) < 4.78 is 64.3. The summed E-state index contributed by atoms with van der Waals surface area (Å²) in [6.45, 7) is 1.59. The van der Waals surface area contributed by atoms with Crippen LogP contribution in [0.25, 0.3) is 0 Å². The average Bonchev–Trinajstić information content (AvgIpc) is 2.24. The van der Waals surface area contributed by atoms with E-state index in [1.165, 1.54) is 0 Å². The molecule has 0 heterocycles. The zero-order valence-electron chi connectivity index (χ0n) is 8.01. The second kappa shape index (κ2) is 4.82. The molecule has 0 bridgehead atoms. The van der Waals surface area contributed by atoms with Crippen LogP contribution < -0.4 is 0 Å². The highest BCUT2D eigenvalue weighted by Gasteiger charge is 2.27. The quantitative estimate of drug-likeness (QED) is 0.282. The van der Waals surface area contributed by atoms with Crippen LogP contribution in [-0.2, 0) is 0 Å². The van der Waals surface area contributed by atoms with Gasteiger partial charge in [0.2, 0.25) is 5.82 Å². The highest BCUT2D eigenvalue weighted by atomic mass is 32.2. The molecule has 0 saturated carbocycles. The lowest BCUT2D eigenvalue weighted by Crippen LogP contribution is -2.10. The van der Waals surface area contributed by atoms with Crippen molar-refractivity contribution in [1.82, 2.24) is 0 Å². The molecule has 1 N–H and O–H groups in total. The van der Waals surface area contributed by atoms with Crippen molar-refractivity contribution >= 4 is 16.8 Å². The zero-order chi connectivity index (χ0) is 12.5. The molecule has 88 valence electrons. The molecule has 1 aromatic rings. The van der Waals surface area contributed by atoms with Gasteiger partial charge in [0.15, 0.2) is 23.3 Å². The van der Waals surface area contributed by atoms with Crippen LogP contribution in [0.5, 0.6) is 0 Å². The smallest absolute Gasteiger partial charge is 0.200 e. The van der Waals surface area contributed by atoms with Crippen LogP contribution in [0.3, 0.4) is 0 Å². The summed E-state index contributed by atoms with van der Waals surface area (Å²) in [5, 5.41) is 6.52. The van der Waals surface area contributed by atoms with Crippen molar-refractivity contribution in [2.24, 2.45) is 0 Å². The second-order valence-electron chi connectivity index (χ2n) is 2.71. The van der Waals surface area contributed by atoms with Gasteiger partial charge < -0.3 is 0 Å². The van der Waals surface area contributed by atoms with E-state index in [1.54, 1.807) is 6.92 Å². The van der Waals surface area contributed by atoms with E-state index in [9.17, 15) is 22.0 Å². The van der Waals surface area contributed by atoms with Crippen LogP contribution in [0.15, 0.2) is 0 Å². The largest absolute Gasteiger partial charge is 0.293 e. The van der Waals surface area contributed by atoms with Gasteiger partial charge in [0.25, 0.3) is 0 Å². The highest BCUT2D eigenvalue weighted by molar-refractivity contribution is 8.14. The van der Waals surface area contributed by atoms with Gasteiger partial charge in [0.1, 0.15) is 5.04 Å². The number of rotatable bonds is 2. The Morgan fingerprint density at radius 3 is 1.69 bits per heavy atom.